The summed E-state index contributed by atoms with van der Waals surface area (Å²) < 4.78 is 6.68. The number of hydrogen-bond acceptors (Lipinski definition) is 3. The number of nitrogens with zero attached hydrogens (tertiary/aromatic N) is 1. The molecule has 24 heavy (non-hydrogen) atoms. The second kappa shape index (κ2) is 7.69. The zero-order chi connectivity index (χ0) is 17.7. The van der Waals surface area contributed by atoms with Crippen molar-refractivity contribution >= 4 is 17.7 Å². The van der Waals surface area contributed by atoms with Crippen LogP contribution < -0.4 is 10.5 Å². The van der Waals surface area contributed by atoms with Crippen LogP contribution in [0.15, 0.2) is 54.6 Å². The molecule has 2 aromatic rings. The molecule has 0 saturated carbocycles. The first kappa shape index (κ1) is 18.3. The maximum atomic E-state index is 12.2. The second-order valence-electron chi connectivity index (χ2n) is 6.06. The van der Waals surface area contributed by atoms with Crippen LogP contribution in [0.5, 0.6) is 5.75 Å². The molecule has 0 heterocycles. The number of halogens is 1. The van der Waals surface area contributed by atoms with Crippen molar-refractivity contribution in [2.75, 3.05) is 7.11 Å². The van der Waals surface area contributed by atoms with Gasteiger partial charge in [-0.2, -0.15) is 4.42 Å². The molecule has 4 nitrogen and oxygen atoms in total. The first-order valence-corrected chi connectivity index (χ1v) is 8.15. The molecule has 0 aliphatic heterocycles. The van der Waals surface area contributed by atoms with Crippen molar-refractivity contribution in [2.24, 2.45) is 5.73 Å². The van der Waals surface area contributed by atoms with Crippen molar-refractivity contribution in [3.8, 4) is 5.75 Å². The molecule has 2 rings (SSSR count). The molecule has 0 spiro atoms. The fraction of sp³-hybridized carbons (Fsp3) is 0.316. The lowest BCUT2D eigenvalue weighted by molar-refractivity contribution is -0.127. The Hall–Kier alpha value is -2.04. The molecule has 0 fully saturated rings. The number of ether oxygens (including phenoxy) is 1. The summed E-state index contributed by atoms with van der Waals surface area (Å²) in [4.78, 5) is 12.2. The van der Waals surface area contributed by atoms with Crippen molar-refractivity contribution in [3.05, 3.63) is 65.7 Å². The maximum Gasteiger partial charge on any atom is 0.239 e. The summed E-state index contributed by atoms with van der Waals surface area (Å²) in [7, 11) is 1.62. The fourth-order valence-corrected chi connectivity index (χ4v) is 2.95. The second-order valence-corrected chi connectivity index (χ2v) is 6.43. The van der Waals surface area contributed by atoms with Gasteiger partial charge in [-0.1, -0.05) is 42.5 Å². The summed E-state index contributed by atoms with van der Waals surface area (Å²) in [6, 6.07) is 17.2. The molecule has 0 saturated heterocycles. The van der Waals surface area contributed by atoms with Crippen LogP contribution in [0.2, 0.25) is 0 Å². The van der Waals surface area contributed by atoms with E-state index in [9.17, 15) is 4.79 Å². The van der Waals surface area contributed by atoms with Crippen molar-refractivity contribution in [1.29, 1.82) is 0 Å². The summed E-state index contributed by atoms with van der Waals surface area (Å²) >= 11 is 6.58. The highest BCUT2D eigenvalue weighted by Gasteiger charge is 2.40. The van der Waals surface area contributed by atoms with Crippen LogP contribution in [0.1, 0.15) is 31.0 Å². The molecule has 128 valence electrons. The number of rotatable bonds is 7. The van der Waals surface area contributed by atoms with E-state index in [-0.39, 0.29) is 6.04 Å². The van der Waals surface area contributed by atoms with Gasteiger partial charge in [0.25, 0.3) is 0 Å². The van der Waals surface area contributed by atoms with Gasteiger partial charge >= 0.3 is 0 Å². The Morgan fingerprint density at radius 2 is 1.79 bits per heavy atom. The van der Waals surface area contributed by atoms with Crippen LogP contribution in [-0.4, -0.2) is 23.0 Å². The van der Waals surface area contributed by atoms with Gasteiger partial charge in [0.1, 0.15) is 11.3 Å². The van der Waals surface area contributed by atoms with Crippen molar-refractivity contribution < 1.29 is 9.53 Å². The molecule has 5 heteroatoms. The maximum absolute atomic E-state index is 12.2. The van der Waals surface area contributed by atoms with E-state index in [0.717, 1.165) is 16.9 Å². The van der Waals surface area contributed by atoms with Crippen LogP contribution in [0.4, 0.5) is 0 Å². The quantitative estimate of drug-likeness (QED) is 0.778. The molecule has 0 aromatic heterocycles. The predicted octanol–water partition coefficient (Wildman–Crippen LogP) is 3.70. The predicted molar refractivity (Wildman–Crippen MR) is 96.8 cm³/mol. The zero-order valence-corrected chi connectivity index (χ0v) is 15.0. The molecule has 0 bridgehead atoms. The summed E-state index contributed by atoms with van der Waals surface area (Å²) in [6.07, 6.45) is 0.410. The van der Waals surface area contributed by atoms with Gasteiger partial charge in [-0.3, -0.25) is 4.79 Å². The molecule has 0 aliphatic rings. The third kappa shape index (κ3) is 3.89. The van der Waals surface area contributed by atoms with E-state index in [1.54, 1.807) is 14.0 Å². The minimum atomic E-state index is -1.02. The molecule has 1 unspecified atom stereocenters. The van der Waals surface area contributed by atoms with Crippen LogP contribution in [0.25, 0.3) is 0 Å². The van der Waals surface area contributed by atoms with Crippen LogP contribution in [-0.2, 0) is 11.2 Å². The number of benzene rings is 2. The Bertz CT molecular complexity index is 676. The van der Waals surface area contributed by atoms with E-state index >= 15 is 0 Å². The molecular formula is C19H23ClN2O2. The molecular weight excluding hydrogens is 324 g/mol. The molecule has 2 atom stereocenters. The lowest BCUT2D eigenvalue weighted by atomic mass is 9.90. The molecule has 1 amide bonds. The SMILES string of the molecule is COc1ccc(CC(C)(C(N)=O)N(Cl)[C@@H](C)c2ccccc2)cc1. The van der Waals surface area contributed by atoms with Crippen molar-refractivity contribution in [3.63, 3.8) is 0 Å². The smallest absolute Gasteiger partial charge is 0.239 e. The normalized spacial score (nSPS) is 14.9. The molecule has 2 N–H and O–H groups in total. The summed E-state index contributed by atoms with van der Waals surface area (Å²) in [6.45, 7) is 3.73. The van der Waals surface area contributed by atoms with E-state index < -0.39 is 11.4 Å². The Morgan fingerprint density at radius 1 is 1.21 bits per heavy atom. The summed E-state index contributed by atoms with van der Waals surface area (Å²) in [5.74, 6) is 0.302. The van der Waals surface area contributed by atoms with Gasteiger partial charge in [0.2, 0.25) is 5.91 Å². The number of hydrogen-bond donors (Lipinski definition) is 1. The van der Waals surface area contributed by atoms with Gasteiger partial charge in [0, 0.05) is 12.5 Å². The Morgan fingerprint density at radius 3 is 2.29 bits per heavy atom. The van der Waals surface area contributed by atoms with Crippen LogP contribution in [0, 0.1) is 0 Å². The fourth-order valence-electron chi connectivity index (χ4n) is 2.70. The van der Waals surface area contributed by atoms with E-state index in [0.29, 0.717) is 6.42 Å². The van der Waals surface area contributed by atoms with Crippen molar-refractivity contribution in [2.45, 2.75) is 31.8 Å². The first-order valence-electron chi connectivity index (χ1n) is 7.81. The van der Waals surface area contributed by atoms with Gasteiger partial charge in [-0.25, -0.2) is 0 Å². The van der Waals surface area contributed by atoms with Crippen LogP contribution in [0.3, 0.4) is 0 Å². The topological polar surface area (TPSA) is 55.6 Å². The highest BCUT2D eigenvalue weighted by Crippen LogP contribution is 2.33. The average molecular weight is 347 g/mol. The minimum Gasteiger partial charge on any atom is -0.497 e. The minimum absolute atomic E-state index is 0.163. The lowest BCUT2D eigenvalue weighted by Crippen LogP contribution is -2.53. The van der Waals surface area contributed by atoms with Crippen molar-refractivity contribution in [1.82, 2.24) is 4.42 Å². The highest BCUT2D eigenvalue weighted by atomic mass is 35.5. The molecule has 0 radical (unpaired) electrons. The van der Waals surface area contributed by atoms with E-state index in [1.807, 2.05) is 61.5 Å². The number of amides is 1. The number of primary amides is 1. The van der Waals surface area contributed by atoms with Gasteiger partial charge in [-0.15, -0.1) is 0 Å². The molecule has 0 aliphatic carbocycles. The van der Waals surface area contributed by atoms with Gasteiger partial charge in [0.15, 0.2) is 0 Å². The third-order valence-electron chi connectivity index (χ3n) is 4.33. The Kier molecular flexibility index (Phi) is 5.86. The molecule has 2 aromatic carbocycles. The number of nitrogens with two attached hydrogens (primary N) is 1. The standard InChI is InChI=1S/C19H23ClN2O2/c1-14(16-7-5-4-6-8-16)22(20)19(2,18(21)23)13-15-9-11-17(24-3)12-10-15/h4-12,14H,13H2,1-3H3,(H2,21,23)/t14-,19?/m0/s1. The van der Waals surface area contributed by atoms with Gasteiger partial charge in [-0.05, 0) is 48.9 Å². The summed E-state index contributed by atoms with van der Waals surface area (Å²) in [5, 5.41) is 0. The number of carbonyl (C=O) groups excluding carboxylic acids is 1. The van der Waals surface area contributed by atoms with Gasteiger partial charge in [0.05, 0.1) is 7.11 Å². The average Bonchev–Trinajstić information content (AvgIpc) is 2.61. The lowest BCUT2D eigenvalue weighted by Gasteiger charge is -2.37. The Labute approximate surface area is 148 Å². The highest BCUT2D eigenvalue weighted by molar-refractivity contribution is 6.16. The first-order chi connectivity index (χ1) is 11.4. The zero-order valence-electron chi connectivity index (χ0n) is 14.2. The Balaban J connectivity index is 2.26. The number of carbonyl (C=O) groups is 1. The monoisotopic (exact) mass is 346 g/mol. The van der Waals surface area contributed by atoms with E-state index in [1.165, 1.54) is 4.42 Å². The number of methoxy groups -OCH3 is 1. The van der Waals surface area contributed by atoms with E-state index in [2.05, 4.69) is 0 Å². The van der Waals surface area contributed by atoms with Gasteiger partial charge < -0.3 is 10.5 Å². The third-order valence-corrected chi connectivity index (χ3v) is 5.00. The van der Waals surface area contributed by atoms with E-state index in [4.69, 9.17) is 22.2 Å². The summed E-state index contributed by atoms with van der Waals surface area (Å²) in [5.41, 5.74) is 6.66. The largest absolute Gasteiger partial charge is 0.497 e. The van der Waals surface area contributed by atoms with Crippen LogP contribution >= 0.6 is 11.8 Å².